The summed E-state index contributed by atoms with van der Waals surface area (Å²) in [6, 6.07) is 0.604. The average molecular weight is 269 g/mol. The SMILES string of the molecule is CC(C)(C)OC(=O)N[C@@H]1CCN[C@H]1C1CCNCC1. The molecule has 5 heteroatoms. The minimum absolute atomic E-state index is 0.206. The molecule has 1 amide bonds. The van der Waals surface area contributed by atoms with Crippen LogP contribution in [0.2, 0.25) is 0 Å². The smallest absolute Gasteiger partial charge is 0.407 e. The molecule has 0 aromatic heterocycles. The molecular weight excluding hydrogens is 242 g/mol. The zero-order chi connectivity index (χ0) is 13.9. The third-order valence-electron chi connectivity index (χ3n) is 3.86. The van der Waals surface area contributed by atoms with E-state index in [1.165, 1.54) is 12.8 Å². The lowest BCUT2D eigenvalue weighted by atomic mass is 9.87. The normalized spacial score (nSPS) is 29.2. The van der Waals surface area contributed by atoms with Crippen LogP contribution in [0.4, 0.5) is 4.79 Å². The summed E-state index contributed by atoms with van der Waals surface area (Å²) in [6.45, 7) is 8.83. The average Bonchev–Trinajstić information content (AvgIpc) is 2.75. The fourth-order valence-corrected chi connectivity index (χ4v) is 3.05. The molecule has 2 fully saturated rings. The van der Waals surface area contributed by atoms with Gasteiger partial charge in [-0.1, -0.05) is 0 Å². The van der Waals surface area contributed by atoms with Gasteiger partial charge in [-0.05, 0) is 65.6 Å². The summed E-state index contributed by atoms with van der Waals surface area (Å²) < 4.78 is 5.35. The number of carbonyl (C=O) groups excluding carboxylic acids is 1. The zero-order valence-corrected chi connectivity index (χ0v) is 12.3. The lowest BCUT2D eigenvalue weighted by Gasteiger charge is -2.32. The number of piperidine rings is 1. The Morgan fingerprint density at radius 3 is 2.47 bits per heavy atom. The van der Waals surface area contributed by atoms with Crippen LogP contribution in [0.3, 0.4) is 0 Å². The molecule has 0 radical (unpaired) electrons. The Morgan fingerprint density at radius 1 is 1.16 bits per heavy atom. The Labute approximate surface area is 115 Å². The second-order valence-electron chi connectivity index (χ2n) is 6.61. The van der Waals surface area contributed by atoms with E-state index in [9.17, 15) is 4.79 Å². The van der Waals surface area contributed by atoms with Gasteiger partial charge in [-0.3, -0.25) is 0 Å². The van der Waals surface area contributed by atoms with E-state index >= 15 is 0 Å². The number of hydrogen-bond acceptors (Lipinski definition) is 4. The van der Waals surface area contributed by atoms with Crippen LogP contribution in [0.1, 0.15) is 40.0 Å². The molecule has 2 atom stereocenters. The molecule has 110 valence electrons. The van der Waals surface area contributed by atoms with E-state index in [4.69, 9.17) is 4.74 Å². The molecule has 19 heavy (non-hydrogen) atoms. The number of carbonyl (C=O) groups is 1. The number of hydrogen-bond donors (Lipinski definition) is 3. The number of rotatable bonds is 2. The molecule has 2 saturated heterocycles. The van der Waals surface area contributed by atoms with Gasteiger partial charge in [0.1, 0.15) is 5.60 Å². The van der Waals surface area contributed by atoms with E-state index in [1.54, 1.807) is 0 Å². The molecule has 0 saturated carbocycles. The van der Waals surface area contributed by atoms with Gasteiger partial charge in [0.05, 0.1) is 0 Å². The van der Waals surface area contributed by atoms with Crippen molar-refractivity contribution in [2.75, 3.05) is 19.6 Å². The molecule has 0 bridgehead atoms. The van der Waals surface area contributed by atoms with Gasteiger partial charge in [-0.2, -0.15) is 0 Å². The summed E-state index contributed by atoms with van der Waals surface area (Å²) in [7, 11) is 0. The maximum absolute atomic E-state index is 11.9. The van der Waals surface area contributed by atoms with E-state index in [-0.39, 0.29) is 12.1 Å². The number of amides is 1. The quantitative estimate of drug-likeness (QED) is 0.706. The molecule has 3 N–H and O–H groups in total. The van der Waals surface area contributed by atoms with E-state index < -0.39 is 5.60 Å². The summed E-state index contributed by atoms with van der Waals surface area (Å²) in [6.07, 6.45) is 3.07. The lowest BCUT2D eigenvalue weighted by molar-refractivity contribution is 0.0492. The van der Waals surface area contributed by atoms with Gasteiger partial charge in [0.2, 0.25) is 0 Å². The van der Waals surface area contributed by atoms with E-state index in [0.717, 1.165) is 26.1 Å². The number of alkyl carbamates (subject to hydrolysis) is 1. The zero-order valence-electron chi connectivity index (χ0n) is 12.3. The van der Waals surface area contributed by atoms with Crippen LogP contribution >= 0.6 is 0 Å². The van der Waals surface area contributed by atoms with Crippen LogP contribution in [0, 0.1) is 5.92 Å². The van der Waals surface area contributed by atoms with Crippen LogP contribution < -0.4 is 16.0 Å². The standard InChI is InChI=1S/C14H27N3O2/c1-14(2,3)19-13(18)17-11-6-9-16-12(11)10-4-7-15-8-5-10/h10-12,15-16H,4-9H2,1-3H3,(H,17,18)/t11-,12+/m1/s1. The summed E-state index contributed by atoms with van der Waals surface area (Å²) >= 11 is 0. The van der Waals surface area contributed by atoms with E-state index in [1.807, 2.05) is 20.8 Å². The van der Waals surface area contributed by atoms with Gasteiger partial charge >= 0.3 is 6.09 Å². The van der Waals surface area contributed by atoms with Crippen LogP contribution in [0.15, 0.2) is 0 Å². The van der Waals surface area contributed by atoms with Crippen molar-refractivity contribution in [1.29, 1.82) is 0 Å². The second-order valence-corrected chi connectivity index (χ2v) is 6.61. The largest absolute Gasteiger partial charge is 0.444 e. The van der Waals surface area contributed by atoms with Crippen molar-refractivity contribution in [2.45, 2.75) is 57.7 Å². The summed E-state index contributed by atoms with van der Waals surface area (Å²) in [5, 5.41) is 9.97. The van der Waals surface area contributed by atoms with Gasteiger partial charge in [0.15, 0.2) is 0 Å². The molecular formula is C14H27N3O2. The minimum atomic E-state index is -0.430. The highest BCUT2D eigenvalue weighted by Gasteiger charge is 2.35. The molecule has 0 aliphatic carbocycles. The first-order valence-corrected chi connectivity index (χ1v) is 7.39. The van der Waals surface area contributed by atoms with Gasteiger partial charge in [0.25, 0.3) is 0 Å². The Bertz CT molecular complexity index is 308. The fourth-order valence-electron chi connectivity index (χ4n) is 3.05. The summed E-state index contributed by atoms with van der Waals surface area (Å²) in [5.41, 5.74) is -0.430. The van der Waals surface area contributed by atoms with Crippen molar-refractivity contribution < 1.29 is 9.53 Å². The van der Waals surface area contributed by atoms with Gasteiger partial charge in [-0.15, -0.1) is 0 Å². The Hall–Kier alpha value is -0.810. The molecule has 2 heterocycles. The van der Waals surface area contributed by atoms with Crippen molar-refractivity contribution in [3.05, 3.63) is 0 Å². The van der Waals surface area contributed by atoms with Crippen LogP contribution in [0.5, 0.6) is 0 Å². The molecule has 2 aliphatic rings. The Kier molecular flexibility index (Phi) is 4.68. The Balaban J connectivity index is 1.86. The van der Waals surface area contributed by atoms with Crippen molar-refractivity contribution in [2.24, 2.45) is 5.92 Å². The van der Waals surface area contributed by atoms with Gasteiger partial charge in [-0.25, -0.2) is 4.79 Å². The van der Waals surface area contributed by atoms with Gasteiger partial charge in [0, 0.05) is 12.1 Å². The Morgan fingerprint density at radius 2 is 1.84 bits per heavy atom. The molecule has 2 aliphatic heterocycles. The van der Waals surface area contributed by atoms with Crippen LogP contribution in [0.25, 0.3) is 0 Å². The summed E-state index contributed by atoms with van der Waals surface area (Å²) in [4.78, 5) is 11.9. The highest BCUT2D eigenvalue weighted by molar-refractivity contribution is 5.68. The molecule has 2 rings (SSSR count). The first kappa shape index (κ1) is 14.6. The van der Waals surface area contributed by atoms with Gasteiger partial charge < -0.3 is 20.7 Å². The predicted molar refractivity (Wildman–Crippen MR) is 75.2 cm³/mol. The molecule has 0 aromatic carbocycles. The monoisotopic (exact) mass is 269 g/mol. The predicted octanol–water partition coefficient (Wildman–Crippen LogP) is 1.24. The third-order valence-corrected chi connectivity index (χ3v) is 3.86. The molecule has 0 aromatic rings. The lowest BCUT2D eigenvalue weighted by Crippen LogP contribution is -2.50. The van der Waals surface area contributed by atoms with Crippen molar-refractivity contribution in [1.82, 2.24) is 16.0 Å². The van der Waals surface area contributed by atoms with Crippen molar-refractivity contribution in [3.63, 3.8) is 0 Å². The van der Waals surface area contributed by atoms with Crippen molar-refractivity contribution in [3.8, 4) is 0 Å². The molecule has 0 spiro atoms. The second kappa shape index (κ2) is 6.09. The molecule has 0 unspecified atom stereocenters. The number of nitrogens with one attached hydrogen (secondary N) is 3. The first-order chi connectivity index (χ1) is 8.96. The van der Waals surface area contributed by atoms with Crippen molar-refractivity contribution >= 4 is 6.09 Å². The minimum Gasteiger partial charge on any atom is -0.444 e. The maximum Gasteiger partial charge on any atom is 0.407 e. The third kappa shape index (κ3) is 4.35. The highest BCUT2D eigenvalue weighted by atomic mass is 16.6. The summed E-state index contributed by atoms with van der Waals surface area (Å²) in [5.74, 6) is 0.656. The number of ether oxygens (including phenoxy) is 1. The maximum atomic E-state index is 11.9. The van der Waals surface area contributed by atoms with Crippen LogP contribution in [-0.4, -0.2) is 43.4 Å². The highest BCUT2D eigenvalue weighted by Crippen LogP contribution is 2.23. The topological polar surface area (TPSA) is 62.4 Å². The van der Waals surface area contributed by atoms with E-state index in [0.29, 0.717) is 12.0 Å². The molecule has 5 nitrogen and oxygen atoms in total. The first-order valence-electron chi connectivity index (χ1n) is 7.39. The van der Waals surface area contributed by atoms with E-state index in [2.05, 4.69) is 16.0 Å². The van der Waals surface area contributed by atoms with Crippen LogP contribution in [-0.2, 0) is 4.74 Å². The fraction of sp³-hybridized carbons (Fsp3) is 0.929.